The first kappa shape index (κ1) is 28.9. The molecule has 1 N–H and O–H groups in total. The second kappa shape index (κ2) is 11.2. The monoisotopic (exact) mass is 539 g/mol. The lowest BCUT2D eigenvalue weighted by atomic mass is 9.63. The minimum Gasteiger partial charge on any atom is -0.490 e. The molecule has 8 heteroatoms. The molecular formula is C31H41NO7. The third-order valence-electron chi connectivity index (χ3n) is 7.70. The van der Waals surface area contributed by atoms with E-state index in [9.17, 15) is 14.4 Å². The van der Waals surface area contributed by atoms with Gasteiger partial charge in [0.25, 0.3) is 0 Å². The number of carbonyl (C=O) groups is 3. The number of carboxylic acids is 1. The predicted molar refractivity (Wildman–Crippen MR) is 147 cm³/mol. The Morgan fingerprint density at radius 1 is 0.949 bits per heavy atom. The van der Waals surface area contributed by atoms with Crippen molar-refractivity contribution in [3.8, 4) is 11.5 Å². The number of benzene rings is 1. The summed E-state index contributed by atoms with van der Waals surface area (Å²) >= 11 is 0. The van der Waals surface area contributed by atoms with Gasteiger partial charge in [-0.2, -0.15) is 0 Å². The van der Waals surface area contributed by atoms with E-state index in [-0.39, 0.29) is 22.4 Å². The predicted octanol–water partition coefficient (Wildman–Crippen LogP) is 5.27. The number of methoxy groups -OCH3 is 1. The molecule has 0 radical (unpaired) electrons. The van der Waals surface area contributed by atoms with Crippen LogP contribution in [0, 0.1) is 10.8 Å². The van der Waals surface area contributed by atoms with E-state index in [1.165, 1.54) is 0 Å². The minimum absolute atomic E-state index is 0.0661. The largest absolute Gasteiger partial charge is 0.490 e. The summed E-state index contributed by atoms with van der Waals surface area (Å²) in [5.41, 5.74) is 3.78. The average molecular weight is 540 g/mol. The smallest absolute Gasteiger partial charge is 0.341 e. The molecule has 0 atom stereocenters. The lowest BCUT2D eigenvalue weighted by Gasteiger charge is -2.49. The lowest BCUT2D eigenvalue weighted by molar-refractivity contribution is -0.139. The summed E-state index contributed by atoms with van der Waals surface area (Å²) in [6.45, 7) is 11.5. The van der Waals surface area contributed by atoms with Crippen LogP contribution in [0.2, 0.25) is 0 Å². The van der Waals surface area contributed by atoms with E-state index in [1.54, 1.807) is 19.2 Å². The first-order chi connectivity index (χ1) is 18.4. The van der Waals surface area contributed by atoms with Crippen molar-refractivity contribution in [2.24, 2.45) is 10.8 Å². The van der Waals surface area contributed by atoms with Gasteiger partial charge in [-0.05, 0) is 54.7 Å². The van der Waals surface area contributed by atoms with Crippen molar-refractivity contribution in [1.29, 1.82) is 0 Å². The number of nitrogens with zero attached hydrogens (tertiary/aromatic N) is 1. The summed E-state index contributed by atoms with van der Waals surface area (Å²) in [5, 5.41) is 9.09. The maximum atomic E-state index is 13.9. The highest BCUT2D eigenvalue weighted by molar-refractivity contribution is 6.06. The van der Waals surface area contributed by atoms with Gasteiger partial charge < -0.3 is 24.2 Å². The molecule has 0 saturated carbocycles. The molecule has 8 nitrogen and oxygen atoms in total. The van der Waals surface area contributed by atoms with Crippen molar-refractivity contribution in [2.45, 2.75) is 72.6 Å². The van der Waals surface area contributed by atoms with Crippen LogP contribution >= 0.6 is 0 Å². The quantitative estimate of drug-likeness (QED) is 0.401. The van der Waals surface area contributed by atoms with Crippen LogP contribution in [-0.4, -0.2) is 61.0 Å². The summed E-state index contributed by atoms with van der Waals surface area (Å²) < 4.78 is 16.7. The molecule has 2 aliphatic carbocycles. The third kappa shape index (κ3) is 6.06. The van der Waals surface area contributed by atoms with E-state index in [2.05, 4.69) is 32.6 Å². The van der Waals surface area contributed by atoms with E-state index in [1.807, 2.05) is 13.0 Å². The van der Waals surface area contributed by atoms with E-state index in [0.717, 1.165) is 36.2 Å². The van der Waals surface area contributed by atoms with Crippen LogP contribution in [0.1, 0.15) is 78.2 Å². The Kier molecular flexibility index (Phi) is 8.26. The van der Waals surface area contributed by atoms with Gasteiger partial charge in [0.05, 0.1) is 6.61 Å². The summed E-state index contributed by atoms with van der Waals surface area (Å²) in [6, 6.07) is 5.32. The molecule has 1 heterocycles. The number of allylic oxidation sites excluding steroid dienone is 4. The Labute approximate surface area is 231 Å². The van der Waals surface area contributed by atoms with Crippen molar-refractivity contribution >= 4 is 17.5 Å². The number of carboxylic acid groups (broad SMARTS) is 1. The SMILES string of the molecule is CCOc1cc(C2C3=C(CC(C)(C)CC3=O)N(CCCOC)C3=C2C(=O)CC(C)(C)C3)ccc1OCC(=O)O. The molecule has 1 aromatic rings. The van der Waals surface area contributed by atoms with Gasteiger partial charge in [-0.3, -0.25) is 9.59 Å². The second-order valence-electron chi connectivity index (χ2n) is 12.4. The van der Waals surface area contributed by atoms with Crippen molar-refractivity contribution in [1.82, 2.24) is 4.90 Å². The molecule has 4 rings (SSSR count). The standard InChI is InChI=1S/C31H41NO7/c1-7-38-25-13-19(9-10-24(25)39-18-26(35)36)27-28-20(14-30(2,3)16-22(28)33)32(11-8-12-37-6)21-15-31(4,5)17-23(34)29(21)27/h9-10,13,27H,7-8,11-12,14-18H2,1-6H3,(H,35,36). The van der Waals surface area contributed by atoms with Crippen LogP contribution in [0.15, 0.2) is 40.7 Å². The van der Waals surface area contributed by atoms with Gasteiger partial charge >= 0.3 is 5.97 Å². The minimum atomic E-state index is -1.09. The summed E-state index contributed by atoms with van der Waals surface area (Å²) in [7, 11) is 1.68. The summed E-state index contributed by atoms with van der Waals surface area (Å²) in [6.07, 6.45) is 3.08. The fourth-order valence-electron chi connectivity index (χ4n) is 6.25. The van der Waals surface area contributed by atoms with E-state index < -0.39 is 18.5 Å². The molecule has 39 heavy (non-hydrogen) atoms. The molecule has 0 spiro atoms. The fourth-order valence-corrected chi connectivity index (χ4v) is 6.25. The van der Waals surface area contributed by atoms with Gasteiger partial charge in [0.2, 0.25) is 0 Å². The highest BCUT2D eigenvalue weighted by Gasteiger charge is 2.49. The Morgan fingerprint density at radius 3 is 2.05 bits per heavy atom. The average Bonchev–Trinajstić information content (AvgIpc) is 2.82. The summed E-state index contributed by atoms with van der Waals surface area (Å²) in [5.74, 6) is -0.745. The van der Waals surface area contributed by atoms with Gasteiger partial charge in [0, 0.05) is 61.6 Å². The van der Waals surface area contributed by atoms with Gasteiger partial charge in [0.1, 0.15) is 0 Å². The highest BCUT2D eigenvalue weighted by Crippen LogP contribution is 2.55. The zero-order valence-electron chi connectivity index (χ0n) is 24.0. The normalized spacial score (nSPS) is 20.6. The summed E-state index contributed by atoms with van der Waals surface area (Å²) in [4.78, 5) is 41.2. The first-order valence-corrected chi connectivity index (χ1v) is 13.8. The number of hydrogen-bond donors (Lipinski definition) is 1. The van der Waals surface area contributed by atoms with Gasteiger partial charge in [0.15, 0.2) is 29.7 Å². The number of rotatable bonds is 10. The Hall–Kier alpha value is -3.13. The Morgan fingerprint density at radius 2 is 1.54 bits per heavy atom. The first-order valence-electron chi connectivity index (χ1n) is 13.8. The molecule has 0 bridgehead atoms. The highest BCUT2D eigenvalue weighted by atomic mass is 16.5. The number of Topliss-reactive ketones (excluding diaryl/α,β-unsaturated/α-hetero) is 2. The molecule has 3 aliphatic rings. The van der Waals surface area contributed by atoms with Crippen LogP contribution in [0.4, 0.5) is 0 Å². The Balaban J connectivity index is 1.92. The van der Waals surface area contributed by atoms with Gasteiger partial charge in [-0.25, -0.2) is 4.79 Å². The van der Waals surface area contributed by atoms with Crippen molar-refractivity contribution in [3.05, 3.63) is 46.3 Å². The zero-order valence-corrected chi connectivity index (χ0v) is 24.0. The van der Waals surface area contributed by atoms with E-state index in [4.69, 9.17) is 19.3 Å². The maximum absolute atomic E-state index is 13.9. The van der Waals surface area contributed by atoms with Crippen molar-refractivity contribution in [2.75, 3.05) is 33.5 Å². The molecule has 0 amide bonds. The number of hydrogen-bond acceptors (Lipinski definition) is 7. The topological polar surface area (TPSA) is 102 Å². The Bertz CT molecular complexity index is 1170. The van der Waals surface area contributed by atoms with Gasteiger partial charge in [-0.15, -0.1) is 0 Å². The molecule has 1 aliphatic heterocycles. The zero-order chi connectivity index (χ0) is 28.5. The van der Waals surface area contributed by atoms with Crippen LogP contribution < -0.4 is 9.47 Å². The molecule has 212 valence electrons. The van der Waals surface area contributed by atoms with E-state index in [0.29, 0.717) is 55.2 Å². The molecule has 0 aromatic heterocycles. The molecule has 0 fully saturated rings. The number of aliphatic carboxylic acids is 1. The van der Waals surface area contributed by atoms with Crippen LogP contribution in [0.5, 0.6) is 11.5 Å². The lowest BCUT2D eigenvalue weighted by Crippen LogP contribution is -2.44. The van der Waals surface area contributed by atoms with E-state index >= 15 is 0 Å². The van der Waals surface area contributed by atoms with Gasteiger partial charge in [-0.1, -0.05) is 33.8 Å². The van der Waals surface area contributed by atoms with Crippen LogP contribution in [0.3, 0.4) is 0 Å². The van der Waals surface area contributed by atoms with Crippen LogP contribution in [-0.2, 0) is 19.1 Å². The van der Waals surface area contributed by atoms with Crippen molar-refractivity contribution < 1.29 is 33.7 Å². The number of ketones is 2. The molecular weight excluding hydrogens is 498 g/mol. The number of carbonyl (C=O) groups excluding carboxylic acids is 2. The van der Waals surface area contributed by atoms with Crippen molar-refractivity contribution in [3.63, 3.8) is 0 Å². The number of ether oxygens (including phenoxy) is 3. The fraction of sp³-hybridized carbons (Fsp3) is 0.581. The molecule has 0 unspecified atom stereocenters. The van der Waals surface area contributed by atoms with Crippen LogP contribution in [0.25, 0.3) is 0 Å². The molecule has 1 aromatic carbocycles. The third-order valence-corrected chi connectivity index (χ3v) is 7.70. The molecule has 0 saturated heterocycles. The second-order valence-corrected chi connectivity index (χ2v) is 12.4. The maximum Gasteiger partial charge on any atom is 0.341 e.